The molecule has 30 heavy (non-hydrogen) atoms. The molecule has 0 aliphatic heterocycles. The Bertz CT molecular complexity index is 1070. The summed E-state index contributed by atoms with van der Waals surface area (Å²) in [6.45, 7) is 5.65. The number of aromatic nitrogens is 4. The van der Waals surface area contributed by atoms with Gasteiger partial charge in [0.2, 0.25) is 0 Å². The lowest BCUT2D eigenvalue weighted by Crippen LogP contribution is -2.20. The van der Waals surface area contributed by atoms with E-state index >= 15 is 0 Å². The van der Waals surface area contributed by atoms with Crippen molar-refractivity contribution < 1.29 is 0 Å². The number of aryl methyl sites for hydroxylation is 2. The molecule has 2 N–H and O–H groups in total. The Balaban J connectivity index is 1.33. The van der Waals surface area contributed by atoms with E-state index in [0.717, 1.165) is 13.1 Å². The molecule has 7 heteroatoms. The van der Waals surface area contributed by atoms with Gasteiger partial charge in [-0.1, -0.05) is 48.5 Å². The van der Waals surface area contributed by atoms with Crippen LogP contribution in [0, 0.1) is 13.8 Å². The van der Waals surface area contributed by atoms with Gasteiger partial charge in [-0.25, -0.2) is 0 Å². The number of thiocarbonyl (C=S) groups is 1. The molecule has 0 saturated carbocycles. The summed E-state index contributed by atoms with van der Waals surface area (Å²) in [7, 11) is 0. The third kappa shape index (κ3) is 4.93. The van der Waals surface area contributed by atoms with Crippen molar-refractivity contribution in [2.24, 2.45) is 0 Å². The van der Waals surface area contributed by atoms with Crippen molar-refractivity contribution in [3.8, 4) is 0 Å². The monoisotopic (exact) mass is 416 g/mol. The Labute approximate surface area is 181 Å². The van der Waals surface area contributed by atoms with Crippen LogP contribution in [0.25, 0.3) is 0 Å². The summed E-state index contributed by atoms with van der Waals surface area (Å²) < 4.78 is 3.79. The van der Waals surface area contributed by atoms with Crippen molar-refractivity contribution >= 4 is 29.0 Å². The molecule has 152 valence electrons. The fourth-order valence-electron chi connectivity index (χ4n) is 3.22. The molecule has 0 amide bonds. The van der Waals surface area contributed by atoms with Crippen LogP contribution in [0.1, 0.15) is 22.3 Å². The molecule has 0 unspecified atom stereocenters. The lowest BCUT2D eigenvalue weighted by Gasteiger charge is -2.08. The quantitative estimate of drug-likeness (QED) is 0.450. The third-order valence-corrected chi connectivity index (χ3v) is 5.16. The van der Waals surface area contributed by atoms with Crippen molar-refractivity contribution in [3.05, 3.63) is 95.3 Å². The number of hydrogen-bond donors (Lipinski definition) is 2. The van der Waals surface area contributed by atoms with Gasteiger partial charge in [-0.05, 0) is 48.3 Å². The van der Waals surface area contributed by atoms with E-state index in [-0.39, 0.29) is 0 Å². The summed E-state index contributed by atoms with van der Waals surface area (Å²) in [6.07, 6.45) is 3.88. The minimum atomic E-state index is 0.456. The molecule has 4 aromatic rings. The van der Waals surface area contributed by atoms with E-state index in [1.807, 2.05) is 58.2 Å². The maximum atomic E-state index is 5.42. The van der Waals surface area contributed by atoms with Crippen LogP contribution in [0.5, 0.6) is 0 Å². The summed E-state index contributed by atoms with van der Waals surface area (Å²) >= 11 is 5.42. The Morgan fingerprint density at radius 3 is 1.60 bits per heavy atom. The van der Waals surface area contributed by atoms with Crippen LogP contribution >= 0.6 is 12.2 Å². The average Bonchev–Trinajstić information content (AvgIpc) is 3.35. The molecule has 0 radical (unpaired) electrons. The molecule has 0 bridgehead atoms. The Hall–Kier alpha value is -3.45. The van der Waals surface area contributed by atoms with Gasteiger partial charge in [0.1, 0.15) is 0 Å². The molecule has 0 aliphatic rings. The maximum absolute atomic E-state index is 5.42. The molecule has 2 aromatic carbocycles. The SMILES string of the molecule is Cc1ccccc1Cn1ccc(NC(=S)Nc2ccn(Cc3ccccc3C)n2)n1. The van der Waals surface area contributed by atoms with Crippen LogP contribution in [0.15, 0.2) is 73.1 Å². The highest BCUT2D eigenvalue weighted by molar-refractivity contribution is 7.80. The summed E-state index contributed by atoms with van der Waals surface area (Å²) in [4.78, 5) is 0. The molecular formula is C23H24N6S. The second-order valence-electron chi connectivity index (χ2n) is 7.23. The number of rotatable bonds is 6. The van der Waals surface area contributed by atoms with Crippen molar-refractivity contribution in [2.45, 2.75) is 26.9 Å². The zero-order valence-electron chi connectivity index (χ0n) is 17.0. The van der Waals surface area contributed by atoms with E-state index in [1.165, 1.54) is 22.3 Å². The van der Waals surface area contributed by atoms with E-state index in [2.05, 4.69) is 58.9 Å². The van der Waals surface area contributed by atoms with Gasteiger partial charge in [-0.15, -0.1) is 0 Å². The molecule has 4 rings (SSSR count). The number of benzene rings is 2. The smallest absolute Gasteiger partial charge is 0.177 e. The first-order chi connectivity index (χ1) is 14.6. The number of anilines is 2. The van der Waals surface area contributed by atoms with E-state index < -0.39 is 0 Å². The minimum absolute atomic E-state index is 0.456. The van der Waals surface area contributed by atoms with Crippen molar-refractivity contribution in [2.75, 3.05) is 10.6 Å². The lowest BCUT2D eigenvalue weighted by atomic mass is 10.1. The van der Waals surface area contributed by atoms with Crippen LogP contribution in [0.3, 0.4) is 0 Å². The maximum Gasteiger partial charge on any atom is 0.177 e. The highest BCUT2D eigenvalue weighted by Crippen LogP contribution is 2.12. The summed E-state index contributed by atoms with van der Waals surface area (Å²) in [5, 5.41) is 15.8. The second-order valence-corrected chi connectivity index (χ2v) is 7.64. The molecule has 0 spiro atoms. The van der Waals surface area contributed by atoms with Gasteiger partial charge in [-0.3, -0.25) is 9.36 Å². The first-order valence-corrected chi connectivity index (χ1v) is 10.2. The van der Waals surface area contributed by atoms with Crippen LogP contribution in [-0.4, -0.2) is 24.7 Å². The topological polar surface area (TPSA) is 59.7 Å². The number of hydrogen-bond acceptors (Lipinski definition) is 3. The molecule has 2 heterocycles. The van der Waals surface area contributed by atoms with Gasteiger partial charge in [0.15, 0.2) is 16.7 Å². The molecule has 2 aromatic heterocycles. The third-order valence-electron chi connectivity index (χ3n) is 4.95. The molecular weight excluding hydrogens is 392 g/mol. The summed E-state index contributed by atoms with van der Waals surface area (Å²) in [5.41, 5.74) is 4.99. The Morgan fingerprint density at radius 1 is 0.733 bits per heavy atom. The van der Waals surface area contributed by atoms with Gasteiger partial charge in [0, 0.05) is 24.5 Å². The van der Waals surface area contributed by atoms with Crippen LogP contribution < -0.4 is 10.6 Å². The highest BCUT2D eigenvalue weighted by Gasteiger charge is 2.07. The van der Waals surface area contributed by atoms with Gasteiger partial charge < -0.3 is 10.6 Å². The fourth-order valence-corrected chi connectivity index (χ4v) is 3.43. The van der Waals surface area contributed by atoms with E-state index in [9.17, 15) is 0 Å². The number of nitrogens with one attached hydrogen (secondary N) is 2. The predicted octanol–water partition coefficient (Wildman–Crippen LogP) is 4.60. The first-order valence-electron chi connectivity index (χ1n) is 9.81. The standard InChI is InChI=1S/C23H24N6S/c1-17-7-3-5-9-19(17)15-28-13-11-21(26-28)24-23(30)25-22-12-14-29(27-22)16-20-10-6-4-8-18(20)2/h3-14H,15-16H2,1-2H3,(H2,24,25,26,27,30). The van der Waals surface area contributed by atoms with E-state index in [0.29, 0.717) is 16.7 Å². The van der Waals surface area contributed by atoms with Crippen molar-refractivity contribution in [3.63, 3.8) is 0 Å². The average molecular weight is 417 g/mol. The normalized spacial score (nSPS) is 10.7. The van der Waals surface area contributed by atoms with Crippen molar-refractivity contribution in [1.82, 2.24) is 19.6 Å². The van der Waals surface area contributed by atoms with Gasteiger partial charge in [0.05, 0.1) is 13.1 Å². The zero-order chi connectivity index (χ0) is 20.9. The van der Waals surface area contributed by atoms with Gasteiger partial charge >= 0.3 is 0 Å². The molecule has 0 fully saturated rings. The molecule has 0 aliphatic carbocycles. The molecule has 0 saturated heterocycles. The summed E-state index contributed by atoms with van der Waals surface area (Å²) in [5.74, 6) is 1.39. The molecule has 6 nitrogen and oxygen atoms in total. The first kappa shape index (κ1) is 19.8. The number of nitrogens with zero attached hydrogens (tertiary/aromatic N) is 4. The summed E-state index contributed by atoms with van der Waals surface area (Å²) in [6, 6.07) is 20.4. The van der Waals surface area contributed by atoms with Crippen molar-refractivity contribution in [1.29, 1.82) is 0 Å². The highest BCUT2D eigenvalue weighted by atomic mass is 32.1. The zero-order valence-corrected chi connectivity index (χ0v) is 17.9. The lowest BCUT2D eigenvalue weighted by molar-refractivity contribution is 0.686. The van der Waals surface area contributed by atoms with E-state index in [1.54, 1.807) is 0 Å². The molecule has 0 atom stereocenters. The predicted molar refractivity (Wildman–Crippen MR) is 125 cm³/mol. The van der Waals surface area contributed by atoms with E-state index in [4.69, 9.17) is 12.2 Å². The minimum Gasteiger partial charge on any atom is -0.316 e. The van der Waals surface area contributed by atoms with Crippen LogP contribution in [0.4, 0.5) is 11.6 Å². The Morgan fingerprint density at radius 2 is 1.17 bits per heavy atom. The van der Waals surface area contributed by atoms with Gasteiger partial charge in [-0.2, -0.15) is 10.2 Å². The Kier molecular flexibility index (Phi) is 5.90. The fraction of sp³-hybridized carbons (Fsp3) is 0.174. The second kappa shape index (κ2) is 8.92. The largest absolute Gasteiger partial charge is 0.316 e. The van der Waals surface area contributed by atoms with Crippen LogP contribution in [-0.2, 0) is 13.1 Å². The van der Waals surface area contributed by atoms with Gasteiger partial charge in [0.25, 0.3) is 0 Å². The van der Waals surface area contributed by atoms with Crippen LogP contribution in [0.2, 0.25) is 0 Å².